The highest BCUT2D eigenvalue weighted by molar-refractivity contribution is 14.1. The van der Waals surface area contributed by atoms with Crippen LogP contribution >= 0.6 is 22.6 Å². The van der Waals surface area contributed by atoms with E-state index in [1.54, 1.807) is 6.07 Å². The average molecular weight is 358 g/mol. The maximum atomic E-state index is 12.2. The number of alkyl halides is 3. The number of methoxy groups -OCH3 is 1. The number of nitrogens with zero attached hydrogens (tertiary/aromatic N) is 2. The highest BCUT2D eigenvalue weighted by Crippen LogP contribution is 2.35. The monoisotopic (exact) mass is 358 g/mol. The van der Waals surface area contributed by atoms with E-state index >= 15 is 0 Å². The molecule has 0 aliphatic rings. The van der Waals surface area contributed by atoms with Gasteiger partial charge in [-0.25, -0.2) is 4.98 Å². The minimum absolute atomic E-state index is 0.0843. The van der Waals surface area contributed by atoms with E-state index in [4.69, 9.17) is 10.00 Å². The van der Waals surface area contributed by atoms with Gasteiger partial charge in [0, 0.05) is 5.56 Å². The zero-order valence-corrected chi connectivity index (χ0v) is 10.7. The zero-order chi connectivity index (χ0) is 13.1. The van der Waals surface area contributed by atoms with Crippen molar-refractivity contribution in [2.24, 2.45) is 0 Å². The molecule has 0 spiro atoms. The molecule has 0 fully saturated rings. The van der Waals surface area contributed by atoms with Crippen LogP contribution in [0.3, 0.4) is 0 Å². The van der Waals surface area contributed by atoms with E-state index in [1.807, 2.05) is 22.6 Å². The summed E-state index contributed by atoms with van der Waals surface area (Å²) in [4.78, 5) is 3.75. The van der Waals surface area contributed by atoms with Crippen molar-refractivity contribution in [3.8, 4) is 17.7 Å². The van der Waals surface area contributed by atoms with Crippen LogP contribution in [0.4, 0.5) is 13.2 Å². The molecule has 0 aliphatic heterocycles. The Kier molecular flexibility index (Phi) is 4.39. The van der Waals surface area contributed by atoms with E-state index in [9.17, 15) is 13.2 Å². The molecule has 92 valence electrons. The lowest BCUT2D eigenvalue weighted by molar-refractivity contribution is -0.275. The molecule has 17 heavy (non-hydrogen) atoms. The second kappa shape index (κ2) is 5.39. The summed E-state index contributed by atoms with van der Waals surface area (Å²) >= 11 is 1.81. The SMILES string of the molecule is COc1nc(I)cc(CC#N)c1OC(F)(F)F. The molecule has 0 atom stereocenters. The van der Waals surface area contributed by atoms with Gasteiger partial charge in [-0.3, -0.25) is 0 Å². The molecule has 1 aromatic heterocycles. The van der Waals surface area contributed by atoms with Gasteiger partial charge in [-0.05, 0) is 28.7 Å². The van der Waals surface area contributed by atoms with Crippen LogP contribution in [0.2, 0.25) is 0 Å². The van der Waals surface area contributed by atoms with Gasteiger partial charge in [0.2, 0.25) is 0 Å². The first kappa shape index (κ1) is 13.8. The fraction of sp³-hybridized carbons (Fsp3) is 0.333. The maximum absolute atomic E-state index is 12.2. The van der Waals surface area contributed by atoms with E-state index < -0.39 is 12.1 Å². The number of hydrogen-bond acceptors (Lipinski definition) is 4. The van der Waals surface area contributed by atoms with Crippen LogP contribution in [0.25, 0.3) is 0 Å². The van der Waals surface area contributed by atoms with E-state index in [-0.39, 0.29) is 17.9 Å². The molecule has 0 radical (unpaired) electrons. The number of nitriles is 1. The summed E-state index contributed by atoms with van der Waals surface area (Å²) < 4.78 is 45.5. The van der Waals surface area contributed by atoms with Crippen LogP contribution in [-0.2, 0) is 6.42 Å². The minimum Gasteiger partial charge on any atom is -0.478 e. The smallest absolute Gasteiger partial charge is 0.478 e. The van der Waals surface area contributed by atoms with Gasteiger partial charge in [0.25, 0.3) is 5.88 Å². The van der Waals surface area contributed by atoms with Gasteiger partial charge in [-0.15, -0.1) is 13.2 Å². The quantitative estimate of drug-likeness (QED) is 0.616. The molecule has 0 saturated carbocycles. The van der Waals surface area contributed by atoms with Crippen molar-refractivity contribution >= 4 is 22.6 Å². The lowest BCUT2D eigenvalue weighted by Gasteiger charge is -2.14. The van der Waals surface area contributed by atoms with E-state index in [1.165, 1.54) is 13.2 Å². The predicted molar refractivity (Wildman–Crippen MR) is 59.5 cm³/mol. The number of hydrogen-bond donors (Lipinski definition) is 0. The number of ether oxygens (including phenoxy) is 2. The number of pyridine rings is 1. The molecular formula is C9H6F3IN2O2. The van der Waals surface area contributed by atoms with E-state index in [2.05, 4.69) is 9.72 Å². The Balaban J connectivity index is 3.27. The molecule has 0 aromatic carbocycles. The summed E-state index contributed by atoms with van der Waals surface area (Å²) in [5, 5.41) is 8.55. The first-order valence-corrected chi connectivity index (χ1v) is 5.31. The third kappa shape index (κ3) is 3.92. The Bertz CT molecular complexity index is 457. The molecule has 4 nitrogen and oxygen atoms in total. The lowest BCUT2D eigenvalue weighted by atomic mass is 10.2. The molecule has 0 amide bonds. The van der Waals surface area contributed by atoms with Gasteiger partial charge in [-0.1, -0.05) is 0 Å². The average Bonchev–Trinajstić information content (AvgIpc) is 2.20. The van der Waals surface area contributed by atoms with Gasteiger partial charge in [0.05, 0.1) is 19.6 Å². The molecule has 8 heteroatoms. The molecule has 1 heterocycles. The maximum Gasteiger partial charge on any atom is 0.573 e. The van der Waals surface area contributed by atoms with Crippen LogP contribution in [-0.4, -0.2) is 18.5 Å². The Labute approximate surface area is 108 Å². The fourth-order valence-corrected chi connectivity index (χ4v) is 1.70. The van der Waals surface area contributed by atoms with Crippen LogP contribution in [0.5, 0.6) is 11.6 Å². The van der Waals surface area contributed by atoms with Crippen molar-refractivity contribution in [1.29, 1.82) is 5.26 Å². The van der Waals surface area contributed by atoms with Crippen LogP contribution in [0.15, 0.2) is 6.07 Å². The Morgan fingerprint density at radius 1 is 1.53 bits per heavy atom. The van der Waals surface area contributed by atoms with Crippen molar-refractivity contribution < 1.29 is 22.6 Å². The largest absolute Gasteiger partial charge is 0.573 e. The van der Waals surface area contributed by atoms with Crippen LogP contribution in [0, 0.1) is 15.0 Å². The van der Waals surface area contributed by atoms with Crippen LogP contribution < -0.4 is 9.47 Å². The third-order valence-corrected chi connectivity index (χ3v) is 2.22. The van der Waals surface area contributed by atoms with Crippen molar-refractivity contribution in [2.45, 2.75) is 12.8 Å². The number of aromatic nitrogens is 1. The van der Waals surface area contributed by atoms with Crippen molar-refractivity contribution in [2.75, 3.05) is 7.11 Å². The molecule has 1 rings (SSSR count). The minimum atomic E-state index is -4.86. The Morgan fingerprint density at radius 2 is 2.18 bits per heavy atom. The van der Waals surface area contributed by atoms with E-state index in [0.29, 0.717) is 3.70 Å². The second-order valence-electron chi connectivity index (χ2n) is 2.83. The molecule has 0 N–H and O–H groups in total. The van der Waals surface area contributed by atoms with Gasteiger partial charge >= 0.3 is 6.36 Å². The summed E-state index contributed by atoms with van der Waals surface area (Å²) in [7, 11) is 1.18. The molecule has 1 aromatic rings. The summed E-state index contributed by atoms with van der Waals surface area (Å²) in [6.45, 7) is 0. The number of halogens is 4. The summed E-state index contributed by atoms with van der Waals surface area (Å²) in [5.74, 6) is -0.860. The standard InChI is InChI=1S/C9H6F3IN2O2/c1-16-8-7(17-9(10,11)12)5(2-3-14)4-6(13)15-8/h4H,2H2,1H3. The molecule has 0 bridgehead atoms. The van der Waals surface area contributed by atoms with Gasteiger partial charge in [-0.2, -0.15) is 5.26 Å². The lowest BCUT2D eigenvalue weighted by Crippen LogP contribution is -2.19. The van der Waals surface area contributed by atoms with Gasteiger partial charge in [0.1, 0.15) is 3.70 Å². The predicted octanol–water partition coefficient (Wildman–Crippen LogP) is 2.66. The Hall–Kier alpha value is -1.24. The molecule has 0 saturated heterocycles. The topological polar surface area (TPSA) is 55.1 Å². The number of rotatable bonds is 3. The van der Waals surface area contributed by atoms with E-state index in [0.717, 1.165) is 0 Å². The molecule has 0 unspecified atom stereocenters. The molecular weight excluding hydrogens is 352 g/mol. The normalized spacial score (nSPS) is 10.8. The Morgan fingerprint density at radius 3 is 2.65 bits per heavy atom. The van der Waals surface area contributed by atoms with Crippen LogP contribution in [0.1, 0.15) is 5.56 Å². The van der Waals surface area contributed by atoms with Crippen molar-refractivity contribution in [3.05, 3.63) is 15.3 Å². The first-order valence-electron chi connectivity index (χ1n) is 4.23. The fourth-order valence-electron chi connectivity index (χ4n) is 1.11. The first-order chi connectivity index (χ1) is 7.87. The van der Waals surface area contributed by atoms with Crippen molar-refractivity contribution in [3.63, 3.8) is 0 Å². The molecule has 0 aliphatic carbocycles. The second-order valence-corrected chi connectivity index (χ2v) is 3.93. The highest BCUT2D eigenvalue weighted by atomic mass is 127. The third-order valence-electron chi connectivity index (χ3n) is 1.67. The highest BCUT2D eigenvalue weighted by Gasteiger charge is 2.34. The van der Waals surface area contributed by atoms with Gasteiger partial charge < -0.3 is 9.47 Å². The summed E-state index contributed by atoms with van der Waals surface area (Å²) in [5.41, 5.74) is 0.0843. The van der Waals surface area contributed by atoms with Crippen molar-refractivity contribution in [1.82, 2.24) is 4.98 Å². The summed E-state index contributed by atoms with van der Waals surface area (Å²) in [6.07, 6.45) is -5.08. The summed E-state index contributed by atoms with van der Waals surface area (Å²) in [6, 6.07) is 3.10. The zero-order valence-electron chi connectivity index (χ0n) is 8.51. The van der Waals surface area contributed by atoms with Gasteiger partial charge in [0.15, 0.2) is 5.75 Å².